The third-order valence-electron chi connectivity index (χ3n) is 4.98. The number of methoxy groups -OCH3 is 2. The van der Waals surface area contributed by atoms with Crippen LogP contribution in [0.5, 0.6) is 17.2 Å². The quantitative estimate of drug-likeness (QED) is 0.543. The summed E-state index contributed by atoms with van der Waals surface area (Å²) in [4.78, 5) is 27.7. The van der Waals surface area contributed by atoms with Crippen LogP contribution in [-0.4, -0.2) is 50.1 Å². The van der Waals surface area contributed by atoms with Crippen LogP contribution in [0.1, 0.15) is 32.8 Å². The lowest BCUT2D eigenvalue weighted by atomic mass is 10.1. The number of nitrogens with zero attached hydrogens (tertiary/aromatic N) is 1. The molecule has 1 atom stereocenters. The Labute approximate surface area is 190 Å². The summed E-state index contributed by atoms with van der Waals surface area (Å²) in [6.45, 7) is 6.61. The molecule has 0 aliphatic heterocycles. The Morgan fingerprint density at radius 2 is 1.62 bits per heavy atom. The van der Waals surface area contributed by atoms with Gasteiger partial charge in [-0.25, -0.2) is 0 Å². The van der Waals surface area contributed by atoms with Gasteiger partial charge in [0.05, 0.1) is 14.2 Å². The van der Waals surface area contributed by atoms with Gasteiger partial charge in [-0.15, -0.1) is 0 Å². The molecule has 174 valence electrons. The lowest BCUT2D eigenvalue weighted by Gasteiger charge is -2.31. The number of carbonyl (C=O) groups excluding carboxylic acids is 2. The molecule has 0 bridgehead atoms. The third-order valence-corrected chi connectivity index (χ3v) is 4.98. The minimum atomic E-state index is -0.605. The molecule has 0 fully saturated rings. The van der Waals surface area contributed by atoms with Crippen molar-refractivity contribution in [3.8, 4) is 17.2 Å². The summed E-state index contributed by atoms with van der Waals surface area (Å²) >= 11 is 0. The number of hydrogen-bond donors (Lipinski definition) is 1. The van der Waals surface area contributed by atoms with E-state index in [2.05, 4.69) is 5.32 Å². The maximum Gasteiger partial charge on any atom is 0.261 e. The lowest BCUT2D eigenvalue weighted by molar-refractivity contribution is -0.143. The van der Waals surface area contributed by atoms with Crippen molar-refractivity contribution in [3.63, 3.8) is 0 Å². The second-order valence-electron chi connectivity index (χ2n) is 7.90. The highest BCUT2D eigenvalue weighted by molar-refractivity contribution is 5.88. The average Bonchev–Trinajstić information content (AvgIpc) is 2.81. The molecule has 32 heavy (non-hydrogen) atoms. The van der Waals surface area contributed by atoms with E-state index >= 15 is 0 Å². The van der Waals surface area contributed by atoms with Crippen molar-refractivity contribution in [2.24, 2.45) is 5.92 Å². The SMILES string of the molecule is CC[C@H](C(=O)NCC(C)C)N(Cc1cccc(OC)c1)C(=O)COc1ccc(OC)cc1. The van der Waals surface area contributed by atoms with E-state index in [9.17, 15) is 9.59 Å². The molecular weight excluding hydrogens is 408 g/mol. The second-order valence-corrected chi connectivity index (χ2v) is 7.90. The average molecular weight is 443 g/mol. The number of amides is 2. The second kappa shape index (κ2) is 12.6. The Morgan fingerprint density at radius 1 is 0.969 bits per heavy atom. The fourth-order valence-electron chi connectivity index (χ4n) is 3.21. The predicted molar refractivity (Wildman–Crippen MR) is 124 cm³/mol. The molecule has 0 saturated heterocycles. The molecule has 7 heteroatoms. The first-order valence-electron chi connectivity index (χ1n) is 10.8. The summed E-state index contributed by atoms with van der Waals surface area (Å²) in [6.07, 6.45) is 0.488. The van der Waals surface area contributed by atoms with Crippen LogP contribution in [0.2, 0.25) is 0 Å². The number of hydrogen-bond acceptors (Lipinski definition) is 5. The summed E-state index contributed by atoms with van der Waals surface area (Å²) in [5, 5.41) is 2.95. The van der Waals surface area contributed by atoms with Crippen molar-refractivity contribution in [1.29, 1.82) is 0 Å². The molecule has 2 aromatic carbocycles. The number of benzene rings is 2. The summed E-state index contributed by atoms with van der Waals surface area (Å²) in [5.74, 6) is 1.84. The number of nitrogens with one attached hydrogen (secondary N) is 1. The maximum absolute atomic E-state index is 13.2. The van der Waals surface area contributed by atoms with Crippen LogP contribution in [0.4, 0.5) is 0 Å². The molecule has 2 rings (SSSR count). The molecule has 0 radical (unpaired) electrons. The van der Waals surface area contributed by atoms with E-state index in [0.717, 1.165) is 5.56 Å². The molecule has 7 nitrogen and oxygen atoms in total. The third kappa shape index (κ3) is 7.48. The van der Waals surface area contributed by atoms with Crippen molar-refractivity contribution in [1.82, 2.24) is 10.2 Å². The molecular formula is C25H34N2O5. The molecule has 2 aromatic rings. The smallest absolute Gasteiger partial charge is 0.261 e. The van der Waals surface area contributed by atoms with Gasteiger partial charge < -0.3 is 24.4 Å². The molecule has 0 aliphatic carbocycles. The standard InChI is InChI=1S/C25H34N2O5/c1-6-23(25(29)26-15-18(2)3)27(16-19-8-7-9-22(14-19)31-5)24(28)17-32-21-12-10-20(30-4)11-13-21/h7-14,18,23H,6,15-17H2,1-5H3,(H,26,29)/t23-/m1/s1. The number of carbonyl (C=O) groups is 2. The fraction of sp³-hybridized carbons (Fsp3) is 0.440. The van der Waals surface area contributed by atoms with Crippen LogP contribution in [0.3, 0.4) is 0 Å². The van der Waals surface area contributed by atoms with Gasteiger partial charge in [-0.1, -0.05) is 32.9 Å². The van der Waals surface area contributed by atoms with Gasteiger partial charge in [-0.2, -0.15) is 0 Å². The number of ether oxygens (including phenoxy) is 3. The van der Waals surface area contributed by atoms with E-state index in [0.29, 0.717) is 36.1 Å². The van der Waals surface area contributed by atoms with Gasteiger partial charge in [0, 0.05) is 13.1 Å². The van der Waals surface area contributed by atoms with Gasteiger partial charge in [0.1, 0.15) is 23.3 Å². The predicted octanol–water partition coefficient (Wildman–Crippen LogP) is 3.66. The first-order valence-corrected chi connectivity index (χ1v) is 10.8. The molecule has 0 saturated carbocycles. The van der Waals surface area contributed by atoms with Gasteiger partial charge in [0.2, 0.25) is 5.91 Å². The molecule has 0 aromatic heterocycles. The summed E-state index contributed by atoms with van der Waals surface area (Å²) in [7, 11) is 3.18. The summed E-state index contributed by atoms with van der Waals surface area (Å²) < 4.78 is 16.1. The Morgan fingerprint density at radius 3 is 2.22 bits per heavy atom. The Hall–Kier alpha value is -3.22. The largest absolute Gasteiger partial charge is 0.497 e. The maximum atomic E-state index is 13.2. The van der Waals surface area contributed by atoms with Crippen molar-refractivity contribution in [3.05, 3.63) is 54.1 Å². The number of rotatable bonds is 12. The van der Waals surface area contributed by atoms with E-state index in [4.69, 9.17) is 14.2 Å². The molecule has 1 N–H and O–H groups in total. The van der Waals surface area contributed by atoms with Gasteiger partial charge in [0.25, 0.3) is 5.91 Å². The zero-order valence-electron chi connectivity index (χ0n) is 19.6. The first-order chi connectivity index (χ1) is 15.4. The van der Waals surface area contributed by atoms with Crippen LogP contribution < -0.4 is 19.5 Å². The van der Waals surface area contributed by atoms with Gasteiger partial charge in [-0.05, 0) is 54.3 Å². The van der Waals surface area contributed by atoms with Crippen LogP contribution in [0.15, 0.2) is 48.5 Å². The Balaban J connectivity index is 2.19. The normalized spacial score (nSPS) is 11.6. The molecule has 0 aliphatic rings. The van der Waals surface area contributed by atoms with Gasteiger partial charge >= 0.3 is 0 Å². The minimum Gasteiger partial charge on any atom is -0.497 e. The molecule has 0 unspecified atom stereocenters. The summed E-state index contributed by atoms with van der Waals surface area (Å²) in [5.41, 5.74) is 0.872. The van der Waals surface area contributed by atoms with Crippen molar-refractivity contribution in [2.45, 2.75) is 39.8 Å². The molecule has 2 amide bonds. The van der Waals surface area contributed by atoms with Gasteiger partial charge in [-0.3, -0.25) is 9.59 Å². The highest BCUT2D eigenvalue weighted by atomic mass is 16.5. The van der Waals surface area contributed by atoms with E-state index in [-0.39, 0.29) is 25.0 Å². The molecule has 0 spiro atoms. The van der Waals surface area contributed by atoms with Crippen LogP contribution in [-0.2, 0) is 16.1 Å². The van der Waals surface area contributed by atoms with Crippen molar-refractivity contribution < 1.29 is 23.8 Å². The van der Waals surface area contributed by atoms with Crippen molar-refractivity contribution >= 4 is 11.8 Å². The van der Waals surface area contributed by atoms with Crippen LogP contribution >= 0.6 is 0 Å². The van der Waals surface area contributed by atoms with Gasteiger partial charge in [0.15, 0.2) is 6.61 Å². The first kappa shape index (κ1) is 25.0. The Kier molecular flexibility index (Phi) is 9.85. The monoisotopic (exact) mass is 442 g/mol. The summed E-state index contributed by atoms with van der Waals surface area (Å²) in [6, 6.07) is 13.9. The van der Waals surface area contributed by atoms with E-state index in [1.807, 2.05) is 45.0 Å². The molecule has 0 heterocycles. The Bertz CT molecular complexity index is 867. The van der Waals surface area contributed by atoms with E-state index < -0.39 is 6.04 Å². The van der Waals surface area contributed by atoms with E-state index in [1.165, 1.54) is 0 Å². The fourth-order valence-corrected chi connectivity index (χ4v) is 3.21. The van der Waals surface area contributed by atoms with Crippen molar-refractivity contribution in [2.75, 3.05) is 27.4 Å². The zero-order valence-corrected chi connectivity index (χ0v) is 19.6. The van der Waals surface area contributed by atoms with E-state index in [1.54, 1.807) is 43.4 Å². The lowest BCUT2D eigenvalue weighted by Crippen LogP contribution is -2.50. The zero-order chi connectivity index (χ0) is 23.5. The topological polar surface area (TPSA) is 77.1 Å². The highest BCUT2D eigenvalue weighted by Crippen LogP contribution is 2.19. The van der Waals surface area contributed by atoms with Crippen LogP contribution in [0, 0.1) is 5.92 Å². The van der Waals surface area contributed by atoms with Crippen LogP contribution in [0.25, 0.3) is 0 Å². The highest BCUT2D eigenvalue weighted by Gasteiger charge is 2.29. The minimum absolute atomic E-state index is 0.165.